The maximum atomic E-state index is 13.3. The number of fused-ring (bicyclic) bond motifs is 2. The van der Waals surface area contributed by atoms with Gasteiger partial charge >= 0.3 is 0 Å². The second-order valence-corrected chi connectivity index (χ2v) is 12.6. The van der Waals surface area contributed by atoms with Crippen LogP contribution in [0.2, 0.25) is 0 Å². The van der Waals surface area contributed by atoms with Gasteiger partial charge in [-0.05, 0) is 48.3 Å². The van der Waals surface area contributed by atoms with Gasteiger partial charge in [0, 0.05) is 51.4 Å². The van der Waals surface area contributed by atoms with E-state index in [0.717, 1.165) is 11.1 Å². The van der Waals surface area contributed by atoms with Gasteiger partial charge in [-0.2, -0.15) is 0 Å². The van der Waals surface area contributed by atoms with Crippen LogP contribution in [-0.2, 0) is 46.2 Å². The molecule has 2 aliphatic carbocycles. The fraction of sp³-hybridized carbons (Fsp3) is 0.308. The van der Waals surface area contributed by atoms with Gasteiger partial charge in [0.2, 0.25) is 5.91 Å². The lowest BCUT2D eigenvalue weighted by Gasteiger charge is -2.34. The van der Waals surface area contributed by atoms with Crippen LogP contribution in [0.4, 0.5) is 11.4 Å². The topological polar surface area (TPSA) is 203 Å². The largest absolute Gasteiger partial charge is 0.388 e. The molecule has 3 aromatic rings. The van der Waals surface area contributed by atoms with Gasteiger partial charge in [0.05, 0.1) is 30.2 Å². The number of aliphatic hydroxyl groups excluding tert-OH is 1. The van der Waals surface area contributed by atoms with Crippen molar-refractivity contribution in [3.8, 4) is 23.7 Å². The van der Waals surface area contributed by atoms with E-state index in [0.29, 0.717) is 35.6 Å². The van der Waals surface area contributed by atoms with Crippen molar-refractivity contribution in [3.05, 3.63) is 95.1 Å². The summed E-state index contributed by atoms with van der Waals surface area (Å²) in [5, 5.41) is 26.0. The second-order valence-electron chi connectivity index (χ2n) is 12.6. The molecule has 0 saturated heterocycles. The van der Waals surface area contributed by atoms with Gasteiger partial charge in [-0.15, -0.1) is 12.4 Å². The first-order chi connectivity index (χ1) is 25.4. The zero-order valence-electron chi connectivity index (χ0n) is 29.9. The number of rotatable bonds is 14. The van der Waals surface area contributed by atoms with Crippen LogP contribution < -0.4 is 21.7 Å². The van der Waals surface area contributed by atoms with Crippen LogP contribution in [0.25, 0.3) is 0 Å². The number of anilines is 2. The Hall–Kier alpha value is -5.90. The number of aromatic nitrogens is 2. The Labute approximate surface area is 319 Å². The number of amides is 3. The molecule has 0 radical (unpaired) electrons. The third-order valence-electron chi connectivity index (χ3n) is 8.60. The summed E-state index contributed by atoms with van der Waals surface area (Å²) >= 11 is 0. The highest BCUT2D eigenvalue weighted by Gasteiger charge is 2.44. The van der Waals surface area contributed by atoms with Gasteiger partial charge in [0.15, 0.2) is 5.78 Å². The van der Waals surface area contributed by atoms with Crippen LogP contribution in [0.5, 0.6) is 0 Å². The molecule has 0 spiro atoms. The highest BCUT2D eigenvalue weighted by molar-refractivity contribution is 6.06. The number of Topliss-reactive ketones (excluding diaryl/α,β-unsaturated/α-hetero) is 1. The van der Waals surface area contributed by atoms with Gasteiger partial charge < -0.3 is 45.4 Å². The summed E-state index contributed by atoms with van der Waals surface area (Å²) in [6.45, 7) is 0.266. The minimum atomic E-state index is -1.23. The highest BCUT2D eigenvalue weighted by atomic mass is 35.5. The Kier molecular flexibility index (Phi) is 14.2. The van der Waals surface area contributed by atoms with Gasteiger partial charge in [-0.1, -0.05) is 54.0 Å². The quantitative estimate of drug-likeness (QED) is 0.0474. The molecule has 5 rings (SSSR count). The standard InChI is InChI=1S/C39H41N7O7.ClH/c1-45-23-29(21-31(45)37(50)42-18-15-34(40)41)44-38(51)32-20-28(22-46(32)2)43-35(48)19-26-11-13-27(14-12-26)24-52-25-53-39-16-7-5-3-4-6-10-33(47)30(36(39)49)9-8-17-39;/h3-4,9,11-14,20-23,33,47H,8,15-19,24-25H2,1-2H3,(H3,40,41)(H,42,50)(H,43,48)(H,44,51);1H/b4-3-;/t33-,39-;/m0./s1. The van der Waals surface area contributed by atoms with Crippen molar-refractivity contribution < 1.29 is 33.8 Å². The van der Waals surface area contributed by atoms with Crippen LogP contribution in [0.1, 0.15) is 57.8 Å². The third-order valence-corrected chi connectivity index (χ3v) is 8.60. The van der Waals surface area contributed by atoms with Crippen molar-refractivity contribution >= 4 is 53.1 Å². The van der Waals surface area contributed by atoms with Gasteiger partial charge in [-0.25, -0.2) is 0 Å². The molecule has 2 heterocycles. The van der Waals surface area contributed by atoms with Crippen LogP contribution in [0.15, 0.2) is 72.6 Å². The molecule has 0 fully saturated rings. The number of ketones is 1. The molecule has 0 aliphatic heterocycles. The maximum absolute atomic E-state index is 13.3. The number of nitrogens with zero attached hydrogens (tertiary/aromatic N) is 2. The molecule has 2 aliphatic rings. The molecular formula is C39H42ClN7O7. The molecule has 1 aromatic carbocycles. The van der Waals surface area contributed by atoms with E-state index in [-0.39, 0.29) is 80.6 Å². The Morgan fingerprint density at radius 2 is 1.65 bits per heavy atom. The third kappa shape index (κ3) is 10.6. The normalized spacial score (nSPS) is 17.9. The van der Waals surface area contributed by atoms with Crippen LogP contribution in [0.3, 0.4) is 0 Å². The molecule has 282 valence electrons. The van der Waals surface area contributed by atoms with Gasteiger partial charge in [0.25, 0.3) is 11.8 Å². The second kappa shape index (κ2) is 18.7. The van der Waals surface area contributed by atoms with E-state index in [9.17, 15) is 24.3 Å². The van der Waals surface area contributed by atoms with Crippen LogP contribution >= 0.6 is 12.4 Å². The number of nitrogens with two attached hydrogens (primary N) is 1. The predicted octanol–water partition coefficient (Wildman–Crippen LogP) is 3.12. The average Bonchev–Trinajstić information content (AvgIpc) is 3.67. The minimum absolute atomic E-state index is 0. The molecule has 3 amide bonds. The van der Waals surface area contributed by atoms with Crippen molar-refractivity contribution in [2.45, 2.75) is 50.4 Å². The van der Waals surface area contributed by atoms with E-state index in [4.69, 9.17) is 20.6 Å². The van der Waals surface area contributed by atoms with Crippen molar-refractivity contribution in [1.82, 2.24) is 14.5 Å². The lowest BCUT2D eigenvalue weighted by molar-refractivity contribution is -0.168. The first kappa shape index (κ1) is 40.9. The molecular weight excluding hydrogens is 714 g/mol. The van der Waals surface area contributed by atoms with Gasteiger partial charge in [-0.3, -0.25) is 24.6 Å². The van der Waals surface area contributed by atoms with Crippen molar-refractivity contribution in [1.29, 1.82) is 5.41 Å². The van der Waals surface area contributed by atoms with Crippen LogP contribution in [-0.4, -0.2) is 68.6 Å². The molecule has 0 saturated carbocycles. The van der Waals surface area contributed by atoms with Gasteiger partial charge in [0.1, 0.15) is 29.9 Å². The minimum Gasteiger partial charge on any atom is -0.388 e. The number of allylic oxidation sites excluding steroid dienone is 3. The SMILES string of the molecule is Cl.Cn1cc(NC(=O)c2cc(NC(=O)Cc3ccc(COCO[C@@]45CC#C/C=C\C#C[C@H](O)C(=CCC4)C5=O)cc3)cn2C)cc1C(=O)NCCC(=N)N. The fourth-order valence-corrected chi connectivity index (χ4v) is 5.84. The lowest BCUT2D eigenvalue weighted by atomic mass is 9.79. The number of hydrogen-bond acceptors (Lipinski definition) is 8. The Morgan fingerprint density at radius 3 is 2.35 bits per heavy atom. The number of ether oxygens (including phenoxy) is 2. The van der Waals surface area contributed by atoms with Crippen molar-refractivity contribution in [2.24, 2.45) is 19.8 Å². The fourth-order valence-electron chi connectivity index (χ4n) is 5.84. The monoisotopic (exact) mass is 755 g/mol. The number of amidine groups is 1. The Balaban J connectivity index is 0.00000650. The Morgan fingerprint density at radius 1 is 1.00 bits per heavy atom. The number of hydrogen-bond donors (Lipinski definition) is 6. The number of carbonyl (C=O) groups excluding carboxylic acids is 4. The number of aliphatic hydroxyl groups is 1. The first-order valence-corrected chi connectivity index (χ1v) is 16.9. The van der Waals surface area contributed by atoms with E-state index < -0.39 is 17.6 Å². The molecule has 2 atom stereocenters. The smallest absolute Gasteiger partial charge is 0.272 e. The van der Waals surface area contributed by atoms with E-state index >= 15 is 0 Å². The van der Waals surface area contributed by atoms with Crippen LogP contribution in [0, 0.1) is 29.1 Å². The Bertz CT molecular complexity index is 2090. The predicted molar refractivity (Wildman–Crippen MR) is 205 cm³/mol. The molecule has 14 nitrogen and oxygen atoms in total. The summed E-state index contributed by atoms with van der Waals surface area (Å²) in [6, 6.07) is 10.4. The first-order valence-electron chi connectivity index (χ1n) is 16.9. The summed E-state index contributed by atoms with van der Waals surface area (Å²) in [5.74, 6) is 9.73. The number of aryl methyl sites for hydroxylation is 2. The van der Waals surface area contributed by atoms with Crippen molar-refractivity contribution in [2.75, 3.05) is 24.0 Å². The maximum Gasteiger partial charge on any atom is 0.272 e. The van der Waals surface area contributed by atoms with E-state index in [2.05, 4.69) is 39.6 Å². The molecule has 15 heteroatoms. The highest BCUT2D eigenvalue weighted by Crippen LogP contribution is 2.33. The summed E-state index contributed by atoms with van der Waals surface area (Å²) in [5.41, 5.74) is 7.39. The molecule has 7 N–H and O–H groups in total. The van der Waals surface area contributed by atoms with E-state index in [1.165, 1.54) is 6.08 Å². The zero-order valence-corrected chi connectivity index (χ0v) is 30.7. The molecule has 2 bridgehead atoms. The summed E-state index contributed by atoms with van der Waals surface area (Å²) < 4.78 is 14.9. The molecule has 2 aromatic heterocycles. The summed E-state index contributed by atoms with van der Waals surface area (Å²) in [7, 11) is 3.36. The van der Waals surface area contributed by atoms with E-state index in [1.54, 1.807) is 59.9 Å². The zero-order chi connectivity index (χ0) is 38.0. The number of benzene rings is 1. The summed E-state index contributed by atoms with van der Waals surface area (Å²) in [6.07, 6.45) is 8.25. The lowest BCUT2D eigenvalue weighted by Crippen LogP contribution is -2.46. The van der Waals surface area contributed by atoms with E-state index in [1.807, 2.05) is 24.3 Å². The number of nitrogens with one attached hydrogen (secondary N) is 4. The number of carbonyl (C=O) groups is 4. The summed E-state index contributed by atoms with van der Waals surface area (Å²) in [4.78, 5) is 51.8. The van der Waals surface area contributed by atoms with Crippen molar-refractivity contribution in [3.63, 3.8) is 0 Å². The molecule has 0 unspecified atom stereocenters. The molecule has 54 heavy (non-hydrogen) atoms. The average molecular weight is 756 g/mol. The number of halogens is 1.